The predicted molar refractivity (Wildman–Crippen MR) is 162 cm³/mol. The largest absolute Gasteiger partial charge is 0.444 e. The molecule has 2 aliphatic heterocycles. The van der Waals surface area contributed by atoms with Crippen LogP contribution < -0.4 is 10.2 Å². The van der Waals surface area contributed by atoms with Crippen molar-refractivity contribution in [3.8, 4) is 17.2 Å². The zero-order chi connectivity index (χ0) is 30.6. The molecule has 43 heavy (non-hydrogen) atoms. The lowest BCUT2D eigenvalue weighted by Gasteiger charge is -2.20. The number of hydrogen-bond acceptors (Lipinski definition) is 9. The number of hydrogen-bond donors (Lipinski definition) is 1. The number of nitriles is 1. The van der Waals surface area contributed by atoms with Gasteiger partial charge in [0.15, 0.2) is 5.82 Å². The van der Waals surface area contributed by atoms with E-state index < -0.39 is 23.3 Å². The monoisotopic (exact) mass is 606 g/mol. The van der Waals surface area contributed by atoms with E-state index in [0.29, 0.717) is 33.1 Å². The van der Waals surface area contributed by atoms with E-state index >= 15 is 8.78 Å². The van der Waals surface area contributed by atoms with E-state index in [1.165, 1.54) is 12.1 Å². The number of rotatable bonds is 5. The van der Waals surface area contributed by atoms with Crippen LogP contribution in [0.2, 0.25) is 0 Å². The van der Waals surface area contributed by atoms with Crippen molar-refractivity contribution >= 4 is 49.4 Å². The van der Waals surface area contributed by atoms with Crippen molar-refractivity contribution in [1.29, 1.82) is 5.26 Å². The molecule has 224 valence electrons. The van der Waals surface area contributed by atoms with Gasteiger partial charge in [-0.25, -0.2) is 23.5 Å². The maximum atomic E-state index is 16.8. The molecule has 2 aromatic heterocycles. The molecule has 0 spiro atoms. The van der Waals surface area contributed by atoms with Gasteiger partial charge in [-0.3, -0.25) is 5.32 Å². The number of carbonyl (C=O) groups excluding carboxylic acids is 1. The third-order valence-corrected chi connectivity index (χ3v) is 8.73. The molecule has 2 aromatic carbocycles. The van der Waals surface area contributed by atoms with Gasteiger partial charge in [-0.2, -0.15) is 5.26 Å². The molecule has 1 fully saturated rings. The fraction of sp³-hybridized carbons (Fsp3) is 0.419. The SMILES string of the molecule is CN(C)C[C@@H]1CCN(c2ncc3c4c(c(-c5c(F)ccc6sc(NC(=O)OC(C)(C)C)c(C#N)c56)c(F)c3n2)COC4)C1. The summed E-state index contributed by atoms with van der Waals surface area (Å²) in [6, 6.07) is 4.87. The minimum Gasteiger partial charge on any atom is -0.444 e. The number of amides is 1. The lowest BCUT2D eigenvalue weighted by Crippen LogP contribution is -2.27. The number of aromatic nitrogens is 2. The molecule has 0 radical (unpaired) electrons. The molecule has 0 aliphatic carbocycles. The quantitative estimate of drug-likeness (QED) is 0.277. The van der Waals surface area contributed by atoms with Crippen molar-refractivity contribution in [1.82, 2.24) is 14.9 Å². The highest BCUT2D eigenvalue weighted by Gasteiger charge is 2.32. The number of fused-ring (bicyclic) bond motifs is 4. The summed E-state index contributed by atoms with van der Waals surface area (Å²) < 4.78 is 44.2. The smallest absolute Gasteiger partial charge is 0.412 e. The molecule has 0 saturated carbocycles. The summed E-state index contributed by atoms with van der Waals surface area (Å²) in [5, 5.41) is 13.7. The Morgan fingerprint density at radius 1 is 1.26 bits per heavy atom. The molecule has 1 N–H and O–H groups in total. The highest BCUT2D eigenvalue weighted by Crippen LogP contribution is 2.47. The molecule has 6 rings (SSSR count). The van der Waals surface area contributed by atoms with Crippen LogP contribution in [0.25, 0.3) is 32.1 Å². The van der Waals surface area contributed by atoms with E-state index in [1.807, 2.05) is 14.1 Å². The van der Waals surface area contributed by atoms with E-state index in [4.69, 9.17) is 9.47 Å². The first-order valence-corrected chi connectivity index (χ1v) is 14.9. The average molecular weight is 607 g/mol. The lowest BCUT2D eigenvalue weighted by atomic mass is 9.90. The number of nitrogens with zero attached hydrogens (tertiary/aromatic N) is 5. The maximum Gasteiger partial charge on any atom is 0.412 e. The summed E-state index contributed by atoms with van der Waals surface area (Å²) in [5.41, 5.74) is 0.493. The summed E-state index contributed by atoms with van der Waals surface area (Å²) in [7, 11) is 4.08. The predicted octanol–water partition coefficient (Wildman–Crippen LogP) is 6.43. The molecule has 1 saturated heterocycles. The number of anilines is 2. The fourth-order valence-corrected chi connectivity index (χ4v) is 7.04. The molecule has 12 heteroatoms. The Morgan fingerprint density at radius 2 is 2.02 bits per heavy atom. The van der Waals surface area contributed by atoms with Gasteiger partial charge in [0.1, 0.15) is 28.0 Å². The Bertz CT molecular complexity index is 1810. The Hall–Kier alpha value is -3.92. The van der Waals surface area contributed by atoms with Gasteiger partial charge in [0.25, 0.3) is 0 Å². The molecule has 4 heterocycles. The zero-order valence-corrected chi connectivity index (χ0v) is 25.5. The molecule has 0 unspecified atom stereocenters. The first kappa shape index (κ1) is 29.2. The molecule has 0 bridgehead atoms. The lowest BCUT2D eigenvalue weighted by molar-refractivity contribution is 0.0636. The van der Waals surface area contributed by atoms with Crippen molar-refractivity contribution in [2.45, 2.75) is 46.0 Å². The third-order valence-electron chi connectivity index (χ3n) is 7.66. The Kier molecular flexibility index (Phi) is 7.44. The average Bonchev–Trinajstić information content (AvgIpc) is 3.67. The highest BCUT2D eigenvalue weighted by molar-refractivity contribution is 7.23. The summed E-state index contributed by atoms with van der Waals surface area (Å²) in [5.74, 6) is -0.525. The van der Waals surface area contributed by atoms with E-state index in [0.717, 1.165) is 37.4 Å². The van der Waals surface area contributed by atoms with Gasteiger partial charge < -0.3 is 19.3 Å². The number of ether oxygens (including phenoxy) is 2. The first-order chi connectivity index (χ1) is 20.4. The Labute approximate surface area is 252 Å². The van der Waals surface area contributed by atoms with Crippen LogP contribution in [0.15, 0.2) is 18.3 Å². The second kappa shape index (κ2) is 11.0. The summed E-state index contributed by atoms with van der Waals surface area (Å²) >= 11 is 1.10. The number of thiophene rings is 1. The highest BCUT2D eigenvalue weighted by atomic mass is 32.1. The fourth-order valence-electron chi connectivity index (χ4n) is 6.00. The minimum absolute atomic E-state index is 0.0118. The number of nitrogens with one attached hydrogen (secondary N) is 1. The number of carbonyl (C=O) groups is 1. The van der Waals surface area contributed by atoms with Crippen LogP contribution in [-0.2, 0) is 22.7 Å². The van der Waals surface area contributed by atoms with Gasteiger partial charge in [-0.05, 0) is 70.5 Å². The topological polar surface area (TPSA) is 104 Å². The van der Waals surface area contributed by atoms with Crippen LogP contribution in [0, 0.1) is 28.9 Å². The third kappa shape index (κ3) is 5.37. The van der Waals surface area contributed by atoms with Gasteiger partial charge in [0.2, 0.25) is 5.95 Å². The van der Waals surface area contributed by atoms with Gasteiger partial charge in [-0.15, -0.1) is 11.3 Å². The van der Waals surface area contributed by atoms with Crippen LogP contribution in [0.3, 0.4) is 0 Å². The summed E-state index contributed by atoms with van der Waals surface area (Å²) in [4.78, 5) is 26.0. The molecule has 2 aliphatic rings. The van der Waals surface area contributed by atoms with E-state index in [2.05, 4.69) is 31.2 Å². The van der Waals surface area contributed by atoms with Crippen LogP contribution in [0.5, 0.6) is 0 Å². The standard InChI is InChI=1S/C31H32F2N6O3S/c1-31(2,3)42-30(40)37-28-17(10-34)23-22(43-28)7-6-21(32)25(23)24-20-15-41-14-19(20)18-11-35-29(36-27(18)26(24)33)39-9-8-16(13-39)12-38(4)5/h6-7,11,16H,8-9,12-15H2,1-5H3,(H,37,40)/t16-/m0/s1. The summed E-state index contributed by atoms with van der Waals surface area (Å²) in [6.45, 7) is 7.90. The molecular formula is C31H32F2N6O3S. The maximum absolute atomic E-state index is 16.8. The summed E-state index contributed by atoms with van der Waals surface area (Å²) in [6.07, 6.45) is 1.86. The first-order valence-electron chi connectivity index (χ1n) is 14.1. The van der Waals surface area contributed by atoms with Crippen molar-refractivity contribution in [3.05, 3.63) is 46.7 Å². The molecular weight excluding hydrogens is 574 g/mol. The van der Waals surface area contributed by atoms with Crippen LogP contribution in [-0.4, -0.2) is 60.3 Å². The van der Waals surface area contributed by atoms with Gasteiger partial charge in [0.05, 0.1) is 18.8 Å². The normalized spacial score (nSPS) is 16.7. The van der Waals surface area contributed by atoms with E-state index in [-0.39, 0.29) is 45.8 Å². The zero-order valence-electron chi connectivity index (χ0n) is 24.7. The number of halogens is 2. The van der Waals surface area contributed by atoms with Crippen molar-refractivity contribution in [2.75, 3.05) is 43.9 Å². The van der Waals surface area contributed by atoms with Gasteiger partial charge >= 0.3 is 6.09 Å². The van der Waals surface area contributed by atoms with Crippen molar-refractivity contribution < 1.29 is 23.0 Å². The van der Waals surface area contributed by atoms with Crippen LogP contribution in [0.1, 0.15) is 43.9 Å². The second-order valence-electron chi connectivity index (χ2n) is 12.3. The van der Waals surface area contributed by atoms with Crippen LogP contribution >= 0.6 is 11.3 Å². The van der Waals surface area contributed by atoms with Gasteiger partial charge in [-0.1, -0.05) is 0 Å². The second-order valence-corrected chi connectivity index (χ2v) is 13.3. The number of benzene rings is 2. The Morgan fingerprint density at radius 3 is 2.74 bits per heavy atom. The Balaban J connectivity index is 1.51. The molecule has 1 atom stereocenters. The molecule has 9 nitrogen and oxygen atoms in total. The van der Waals surface area contributed by atoms with Gasteiger partial charge in [0, 0.05) is 52.4 Å². The van der Waals surface area contributed by atoms with E-state index in [9.17, 15) is 10.1 Å². The van der Waals surface area contributed by atoms with E-state index in [1.54, 1.807) is 27.0 Å². The minimum atomic E-state index is -0.761. The molecule has 1 amide bonds. The van der Waals surface area contributed by atoms with Crippen molar-refractivity contribution in [3.63, 3.8) is 0 Å². The van der Waals surface area contributed by atoms with Crippen LogP contribution in [0.4, 0.5) is 24.5 Å². The van der Waals surface area contributed by atoms with Crippen molar-refractivity contribution in [2.24, 2.45) is 5.92 Å². The molecule has 4 aromatic rings.